The third-order valence-corrected chi connectivity index (χ3v) is 3.40. The van der Waals surface area contributed by atoms with Crippen LogP contribution in [0.3, 0.4) is 0 Å². The first-order valence-corrected chi connectivity index (χ1v) is 7.65. The number of halogens is 4. The Labute approximate surface area is 142 Å². The number of ether oxygens (including phenoxy) is 1. The van der Waals surface area contributed by atoms with Crippen LogP contribution in [0.15, 0.2) is 54.6 Å². The second-order valence-corrected chi connectivity index (χ2v) is 5.36. The van der Waals surface area contributed by atoms with Crippen molar-refractivity contribution in [3.05, 3.63) is 66.0 Å². The minimum atomic E-state index is -4.58. The lowest BCUT2D eigenvalue weighted by molar-refractivity contribution is -0.163. The van der Waals surface area contributed by atoms with E-state index in [0.717, 1.165) is 0 Å². The highest BCUT2D eigenvalue weighted by atomic mass is 19.4. The summed E-state index contributed by atoms with van der Waals surface area (Å²) >= 11 is 0. The second-order valence-electron chi connectivity index (χ2n) is 5.36. The van der Waals surface area contributed by atoms with Gasteiger partial charge in [0.05, 0.1) is 6.61 Å². The van der Waals surface area contributed by atoms with Crippen molar-refractivity contribution in [2.75, 3.05) is 6.61 Å². The monoisotopic (exact) mass is 355 g/mol. The van der Waals surface area contributed by atoms with Crippen LogP contribution in [-0.4, -0.2) is 18.7 Å². The van der Waals surface area contributed by atoms with E-state index in [1.807, 2.05) is 5.32 Å². The highest BCUT2D eigenvalue weighted by molar-refractivity contribution is 5.76. The van der Waals surface area contributed by atoms with E-state index in [0.29, 0.717) is 5.75 Å². The molecular formula is C18H17F4NO2. The molecule has 0 aliphatic rings. The number of hydrogen-bond donors (Lipinski definition) is 1. The summed E-state index contributed by atoms with van der Waals surface area (Å²) in [4.78, 5) is 11.8. The van der Waals surface area contributed by atoms with Crippen LogP contribution in [-0.2, 0) is 4.79 Å². The molecule has 0 spiro atoms. The Morgan fingerprint density at radius 2 is 1.68 bits per heavy atom. The van der Waals surface area contributed by atoms with Gasteiger partial charge in [0.2, 0.25) is 5.91 Å². The van der Waals surface area contributed by atoms with Gasteiger partial charge in [-0.3, -0.25) is 4.79 Å². The fourth-order valence-electron chi connectivity index (χ4n) is 2.19. The maximum atomic E-state index is 13.1. The molecular weight excluding hydrogens is 338 g/mol. The van der Waals surface area contributed by atoms with Crippen molar-refractivity contribution in [3.8, 4) is 5.75 Å². The summed E-state index contributed by atoms with van der Waals surface area (Å²) in [6, 6.07) is 10.5. The van der Waals surface area contributed by atoms with Crippen LogP contribution in [0.4, 0.5) is 17.6 Å². The van der Waals surface area contributed by atoms with Gasteiger partial charge in [0.15, 0.2) is 6.04 Å². The molecule has 1 N–H and O–H groups in total. The van der Waals surface area contributed by atoms with Gasteiger partial charge in [0.1, 0.15) is 11.6 Å². The zero-order valence-electron chi connectivity index (χ0n) is 13.2. The molecule has 2 rings (SSSR count). The number of benzene rings is 2. The van der Waals surface area contributed by atoms with Gasteiger partial charge in [-0.25, -0.2) is 4.39 Å². The average molecular weight is 355 g/mol. The van der Waals surface area contributed by atoms with E-state index in [-0.39, 0.29) is 25.0 Å². The largest absolute Gasteiger partial charge is 0.494 e. The molecule has 0 saturated carbocycles. The molecule has 3 nitrogen and oxygen atoms in total. The number of rotatable bonds is 7. The molecule has 2 aromatic carbocycles. The van der Waals surface area contributed by atoms with Crippen LogP contribution in [0.25, 0.3) is 0 Å². The van der Waals surface area contributed by atoms with E-state index >= 15 is 0 Å². The summed E-state index contributed by atoms with van der Waals surface area (Å²) in [6.45, 7) is 0.140. The summed E-state index contributed by atoms with van der Waals surface area (Å²) in [6.07, 6.45) is -4.45. The first-order chi connectivity index (χ1) is 11.9. The number of hydrogen-bond acceptors (Lipinski definition) is 2. The minimum Gasteiger partial charge on any atom is -0.494 e. The Bertz CT molecular complexity index is 672. The maximum absolute atomic E-state index is 13.1. The second kappa shape index (κ2) is 8.50. The Kier molecular flexibility index (Phi) is 6.38. The zero-order chi connectivity index (χ0) is 18.3. The first-order valence-electron chi connectivity index (χ1n) is 7.65. The van der Waals surface area contributed by atoms with Gasteiger partial charge in [-0.15, -0.1) is 0 Å². The van der Waals surface area contributed by atoms with Crippen molar-refractivity contribution in [2.24, 2.45) is 0 Å². The predicted molar refractivity (Wildman–Crippen MR) is 84.5 cm³/mol. The van der Waals surface area contributed by atoms with E-state index in [2.05, 4.69) is 0 Å². The van der Waals surface area contributed by atoms with E-state index in [9.17, 15) is 22.4 Å². The number of nitrogens with one attached hydrogen (secondary N) is 1. The molecule has 0 saturated heterocycles. The summed E-state index contributed by atoms with van der Waals surface area (Å²) < 4.78 is 57.5. The van der Waals surface area contributed by atoms with E-state index in [1.54, 1.807) is 6.07 Å². The first kappa shape index (κ1) is 18.8. The Hall–Kier alpha value is -2.57. The third-order valence-electron chi connectivity index (χ3n) is 3.40. The molecule has 0 radical (unpaired) electrons. The molecule has 0 aromatic heterocycles. The Balaban J connectivity index is 1.82. The zero-order valence-corrected chi connectivity index (χ0v) is 13.2. The van der Waals surface area contributed by atoms with Crippen molar-refractivity contribution in [3.63, 3.8) is 0 Å². The summed E-state index contributed by atoms with van der Waals surface area (Å²) in [5, 5.41) is 2.01. The Morgan fingerprint density at radius 1 is 1.04 bits per heavy atom. The lowest BCUT2D eigenvalue weighted by atomic mass is 10.1. The SMILES string of the molecule is O=C(CCCOc1ccc(F)cc1)NC(c1ccccc1)C(F)(F)F. The van der Waals surface area contributed by atoms with Crippen LogP contribution in [0.2, 0.25) is 0 Å². The van der Waals surface area contributed by atoms with Crippen LogP contribution in [0.1, 0.15) is 24.4 Å². The molecule has 1 amide bonds. The quantitative estimate of drug-likeness (QED) is 0.590. The van der Waals surface area contributed by atoms with Gasteiger partial charge in [-0.2, -0.15) is 13.2 Å². The lowest BCUT2D eigenvalue weighted by Crippen LogP contribution is -2.38. The van der Waals surface area contributed by atoms with Crippen molar-refractivity contribution in [2.45, 2.75) is 25.1 Å². The van der Waals surface area contributed by atoms with Gasteiger partial charge in [-0.05, 0) is 36.2 Å². The topological polar surface area (TPSA) is 38.3 Å². The van der Waals surface area contributed by atoms with Crippen LogP contribution in [0.5, 0.6) is 5.75 Å². The Morgan fingerprint density at radius 3 is 2.28 bits per heavy atom. The van der Waals surface area contributed by atoms with Crippen molar-refractivity contribution >= 4 is 5.91 Å². The maximum Gasteiger partial charge on any atom is 0.412 e. The smallest absolute Gasteiger partial charge is 0.412 e. The fourth-order valence-corrected chi connectivity index (χ4v) is 2.19. The molecule has 0 heterocycles. The van der Waals surface area contributed by atoms with Crippen LogP contribution < -0.4 is 10.1 Å². The summed E-state index contributed by atoms with van der Waals surface area (Å²) in [5.74, 6) is -0.682. The van der Waals surface area contributed by atoms with Gasteiger partial charge >= 0.3 is 6.18 Å². The normalized spacial score (nSPS) is 12.5. The van der Waals surface area contributed by atoms with Crippen molar-refractivity contribution in [1.29, 1.82) is 0 Å². The van der Waals surface area contributed by atoms with Crippen molar-refractivity contribution in [1.82, 2.24) is 5.32 Å². The molecule has 25 heavy (non-hydrogen) atoms. The summed E-state index contributed by atoms with van der Waals surface area (Å²) in [7, 11) is 0. The number of alkyl halides is 3. The van der Waals surface area contributed by atoms with E-state index in [4.69, 9.17) is 4.74 Å². The molecule has 0 fully saturated rings. The summed E-state index contributed by atoms with van der Waals surface area (Å²) in [5.41, 5.74) is -0.0223. The molecule has 2 aromatic rings. The molecule has 0 aliphatic heterocycles. The van der Waals surface area contributed by atoms with E-state index in [1.165, 1.54) is 48.5 Å². The standard InChI is InChI=1S/C18H17F4NO2/c19-14-8-10-15(11-9-14)25-12-4-7-16(24)23-17(18(20,21)22)13-5-2-1-3-6-13/h1-3,5-6,8-11,17H,4,7,12H2,(H,23,24). The molecule has 1 atom stereocenters. The van der Waals surface area contributed by atoms with Gasteiger partial charge in [0.25, 0.3) is 0 Å². The fraction of sp³-hybridized carbons (Fsp3) is 0.278. The highest BCUT2D eigenvalue weighted by Gasteiger charge is 2.41. The number of amides is 1. The van der Waals surface area contributed by atoms with Gasteiger partial charge in [-0.1, -0.05) is 30.3 Å². The molecule has 1 unspecified atom stereocenters. The van der Waals surface area contributed by atoms with Gasteiger partial charge in [0, 0.05) is 6.42 Å². The highest BCUT2D eigenvalue weighted by Crippen LogP contribution is 2.32. The third kappa shape index (κ3) is 6.10. The van der Waals surface area contributed by atoms with Crippen molar-refractivity contribution < 1.29 is 27.1 Å². The van der Waals surface area contributed by atoms with Gasteiger partial charge < -0.3 is 10.1 Å². The number of carbonyl (C=O) groups is 1. The molecule has 0 bridgehead atoms. The molecule has 7 heteroatoms. The predicted octanol–water partition coefficient (Wildman–Crippen LogP) is 4.40. The lowest BCUT2D eigenvalue weighted by Gasteiger charge is -2.22. The molecule has 134 valence electrons. The number of carbonyl (C=O) groups excluding carboxylic acids is 1. The van der Waals surface area contributed by atoms with Crippen LogP contribution >= 0.6 is 0 Å². The van der Waals surface area contributed by atoms with Crippen LogP contribution in [0, 0.1) is 5.82 Å². The molecule has 0 aliphatic carbocycles. The average Bonchev–Trinajstić information content (AvgIpc) is 2.58. The minimum absolute atomic E-state index is 0.0223. The van der Waals surface area contributed by atoms with E-state index < -0.39 is 23.9 Å².